The topological polar surface area (TPSA) is 70.7 Å². The summed E-state index contributed by atoms with van der Waals surface area (Å²) in [5.41, 5.74) is 2.53. The molecule has 1 aromatic heterocycles. The van der Waals surface area contributed by atoms with Crippen LogP contribution in [-0.4, -0.2) is 49.6 Å². The van der Waals surface area contributed by atoms with E-state index in [1.165, 1.54) is 11.6 Å². The SMILES string of the molecule is O=C(C=Cc1ccc(-c2ccccc2)s1)Nc1ccc(NC(=O)CN2CCOCC2)cc1. The summed E-state index contributed by atoms with van der Waals surface area (Å²) in [6.07, 6.45) is 3.34. The minimum absolute atomic E-state index is 0.0579. The van der Waals surface area contributed by atoms with Crippen LogP contribution in [0.1, 0.15) is 4.88 Å². The lowest BCUT2D eigenvalue weighted by Crippen LogP contribution is -2.41. The van der Waals surface area contributed by atoms with Crippen molar-refractivity contribution in [1.82, 2.24) is 4.90 Å². The molecular formula is C25H25N3O3S. The lowest BCUT2D eigenvalue weighted by Gasteiger charge is -2.25. The molecule has 4 rings (SSSR count). The molecule has 0 radical (unpaired) electrons. The Kier molecular flexibility index (Phi) is 7.45. The van der Waals surface area contributed by atoms with E-state index in [1.54, 1.807) is 35.6 Å². The van der Waals surface area contributed by atoms with Crippen molar-refractivity contribution in [2.45, 2.75) is 0 Å². The molecule has 2 amide bonds. The van der Waals surface area contributed by atoms with Crippen LogP contribution in [0.5, 0.6) is 0 Å². The third kappa shape index (κ3) is 6.37. The number of hydrogen-bond donors (Lipinski definition) is 2. The second-order valence-electron chi connectivity index (χ2n) is 7.40. The van der Waals surface area contributed by atoms with Gasteiger partial charge in [0.05, 0.1) is 19.8 Å². The van der Waals surface area contributed by atoms with E-state index in [4.69, 9.17) is 4.74 Å². The number of rotatable bonds is 7. The fourth-order valence-electron chi connectivity index (χ4n) is 3.34. The maximum Gasteiger partial charge on any atom is 0.248 e. The summed E-state index contributed by atoms with van der Waals surface area (Å²) in [6, 6.07) is 21.3. The van der Waals surface area contributed by atoms with Gasteiger partial charge in [0.2, 0.25) is 11.8 Å². The van der Waals surface area contributed by atoms with E-state index in [0.29, 0.717) is 31.1 Å². The molecule has 1 saturated heterocycles. The summed E-state index contributed by atoms with van der Waals surface area (Å²) >= 11 is 1.64. The Morgan fingerprint density at radius 1 is 0.906 bits per heavy atom. The van der Waals surface area contributed by atoms with Gasteiger partial charge in [-0.3, -0.25) is 14.5 Å². The summed E-state index contributed by atoms with van der Waals surface area (Å²) in [5.74, 6) is -0.263. The van der Waals surface area contributed by atoms with Crippen LogP contribution in [0.15, 0.2) is 72.8 Å². The van der Waals surface area contributed by atoms with E-state index in [0.717, 1.165) is 22.8 Å². The van der Waals surface area contributed by atoms with Crippen molar-refractivity contribution >= 4 is 40.6 Å². The van der Waals surface area contributed by atoms with Crippen molar-refractivity contribution in [3.05, 3.63) is 77.7 Å². The average molecular weight is 448 g/mol. The molecule has 2 heterocycles. The summed E-state index contributed by atoms with van der Waals surface area (Å²) in [5, 5.41) is 5.73. The minimum atomic E-state index is -0.205. The van der Waals surface area contributed by atoms with Gasteiger partial charge in [0.15, 0.2) is 0 Å². The van der Waals surface area contributed by atoms with Crippen LogP contribution in [0.25, 0.3) is 16.5 Å². The average Bonchev–Trinajstić information content (AvgIpc) is 3.29. The smallest absolute Gasteiger partial charge is 0.248 e. The van der Waals surface area contributed by atoms with Gasteiger partial charge in [-0.15, -0.1) is 11.3 Å². The molecule has 0 atom stereocenters. The normalized spacial score (nSPS) is 14.4. The van der Waals surface area contributed by atoms with Crippen molar-refractivity contribution < 1.29 is 14.3 Å². The second-order valence-corrected chi connectivity index (χ2v) is 8.52. The molecule has 3 aromatic rings. The monoisotopic (exact) mass is 447 g/mol. The number of amides is 2. The molecule has 1 aliphatic rings. The Hall–Kier alpha value is -3.26. The van der Waals surface area contributed by atoms with E-state index in [9.17, 15) is 9.59 Å². The largest absolute Gasteiger partial charge is 0.379 e. The van der Waals surface area contributed by atoms with Crippen LogP contribution in [-0.2, 0) is 14.3 Å². The lowest BCUT2D eigenvalue weighted by atomic mass is 10.2. The van der Waals surface area contributed by atoms with E-state index in [2.05, 4.69) is 33.7 Å². The molecule has 0 bridgehead atoms. The maximum absolute atomic E-state index is 12.3. The predicted molar refractivity (Wildman–Crippen MR) is 130 cm³/mol. The van der Waals surface area contributed by atoms with E-state index in [-0.39, 0.29) is 11.8 Å². The van der Waals surface area contributed by atoms with Gasteiger partial charge in [-0.05, 0) is 48.0 Å². The van der Waals surface area contributed by atoms with Gasteiger partial charge in [-0.1, -0.05) is 30.3 Å². The first-order valence-electron chi connectivity index (χ1n) is 10.5. The third-order valence-electron chi connectivity index (χ3n) is 4.99. The Labute approximate surface area is 191 Å². The van der Waals surface area contributed by atoms with Crippen molar-refractivity contribution in [2.24, 2.45) is 0 Å². The zero-order chi connectivity index (χ0) is 22.2. The molecule has 1 aliphatic heterocycles. The van der Waals surface area contributed by atoms with Gasteiger partial charge in [0.25, 0.3) is 0 Å². The number of nitrogens with zero attached hydrogens (tertiary/aromatic N) is 1. The fourth-order valence-corrected chi connectivity index (χ4v) is 4.26. The second kappa shape index (κ2) is 10.9. The Morgan fingerprint density at radius 3 is 2.31 bits per heavy atom. The van der Waals surface area contributed by atoms with Crippen LogP contribution >= 0.6 is 11.3 Å². The quantitative estimate of drug-likeness (QED) is 0.529. The molecule has 0 unspecified atom stereocenters. The molecule has 2 aromatic carbocycles. The fraction of sp³-hybridized carbons (Fsp3) is 0.200. The molecule has 1 fully saturated rings. The Bertz CT molecular complexity index is 1070. The molecule has 32 heavy (non-hydrogen) atoms. The van der Waals surface area contributed by atoms with Gasteiger partial charge >= 0.3 is 0 Å². The number of nitrogens with one attached hydrogen (secondary N) is 2. The number of ether oxygens (including phenoxy) is 1. The highest BCUT2D eigenvalue weighted by molar-refractivity contribution is 7.16. The van der Waals surface area contributed by atoms with Gasteiger partial charge < -0.3 is 15.4 Å². The first-order valence-corrected chi connectivity index (χ1v) is 11.3. The van der Waals surface area contributed by atoms with Gasteiger partial charge in [-0.2, -0.15) is 0 Å². The molecule has 6 nitrogen and oxygen atoms in total. The van der Waals surface area contributed by atoms with Crippen LogP contribution in [0.3, 0.4) is 0 Å². The van der Waals surface area contributed by atoms with Crippen molar-refractivity contribution in [3.8, 4) is 10.4 Å². The Balaban J connectivity index is 1.26. The van der Waals surface area contributed by atoms with Gasteiger partial charge in [-0.25, -0.2) is 0 Å². The number of thiophene rings is 1. The summed E-state index contributed by atoms with van der Waals surface area (Å²) in [6.45, 7) is 3.21. The molecule has 164 valence electrons. The summed E-state index contributed by atoms with van der Waals surface area (Å²) in [4.78, 5) is 28.7. The van der Waals surface area contributed by atoms with Crippen LogP contribution in [0.4, 0.5) is 11.4 Å². The highest BCUT2D eigenvalue weighted by atomic mass is 32.1. The molecule has 0 spiro atoms. The lowest BCUT2D eigenvalue weighted by molar-refractivity contribution is -0.118. The predicted octanol–water partition coefficient (Wildman–Crippen LogP) is 4.34. The van der Waals surface area contributed by atoms with E-state index in [1.807, 2.05) is 30.3 Å². The number of hydrogen-bond acceptors (Lipinski definition) is 5. The van der Waals surface area contributed by atoms with Gasteiger partial charge in [0, 0.05) is 40.3 Å². The van der Waals surface area contributed by atoms with Crippen molar-refractivity contribution in [3.63, 3.8) is 0 Å². The molecular weight excluding hydrogens is 422 g/mol. The van der Waals surface area contributed by atoms with Crippen molar-refractivity contribution in [2.75, 3.05) is 43.5 Å². The highest BCUT2D eigenvalue weighted by Gasteiger charge is 2.14. The molecule has 2 N–H and O–H groups in total. The van der Waals surface area contributed by atoms with E-state index >= 15 is 0 Å². The molecule has 0 saturated carbocycles. The third-order valence-corrected chi connectivity index (χ3v) is 6.09. The zero-order valence-electron chi connectivity index (χ0n) is 17.6. The number of carbonyl (C=O) groups excluding carboxylic acids is 2. The zero-order valence-corrected chi connectivity index (χ0v) is 18.4. The van der Waals surface area contributed by atoms with Crippen LogP contribution in [0, 0.1) is 0 Å². The maximum atomic E-state index is 12.3. The first-order chi connectivity index (χ1) is 15.7. The molecule has 7 heteroatoms. The highest BCUT2D eigenvalue weighted by Crippen LogP contribution is 2.28. The number of benzene rings is 2. The van der Waals surface area contributed by atoms with E-state index < -0.39 is 0 Å². The minimum Gasteiger partial charge on any atom is -0.379 e. The standard InChI is InChI=1S/C25H25N3O3S/c29-24(13-11-22-10-12-23(32-22)19-4-2-1-3-5-19)26-20-6-8-21(9-7-20)27-25(30)18-28-14-16-31-17-15-28/h1-13H,14-18H2,(H,26,29)(H,27,30). The first kappa shape index (κ1) is 22.0. The van der Waals surface area contributed by atoms with Gasteiger partial charge in [0.1, 0.15) is 0 Å². The van der Waals surface area contributed by atoms with Crippen molar-refractivity contribution in [1.29, 1.82) is 0 Å². The van der Waals surface area contributed by atoms with Crippen LogP contribution < -0.4 is 10.6 Å². The summed E-state index contributed by atoms with van der Waals surface area (Å²) in [7, 11) is 0. The Morgan fingerprint density at radius 2 is 1.59 bits per heavy atom. The number of morpholine rings is 1. The number of carbonyl (C=O) groups is 2. The van der Waals surface area contributed by atoms with Crippen LogP contribution in [0.2, 0.25) is 0 Å². The molecule has 0 aliphatic carbocycles. The number of anilines is 2. The summed E-state index contributed by atoms with van der Waals surface area (Å²) < 4.78 is 5.29.